The molecule has 4 heterocycles. The summed E-state index contributed by atoms with van der Waals surface area (Å²) < 4.78 is 25.7. The van der Waals surface area contributed by atoms with E-state index in [1.807, 2.05) is 36.1 Å². The SMILES string of the molecule is C=C(C1CC1)N1Cc2cc(-c3sc(Nc4cccc(N5C(=O)CCC56CC6)n4)nc3C)cc(S(C)(=O)=O)c2C1=O. The van der Waals surface area contributed by atoms with Crippen molar-refractivity contribution in [2.45, 2.75) is 62.4 Å². The van der Waals surface area contributed by atoms with Gasteiger partial charge in [0, 0.05) is 23.9 Å². The number of hydrogen-bond acceptors (Lipinski definition) is 8. The number of carbonyl (C=O) groups excluding carboxylic acids is 2. The van der Waals surface area contributed by atoms with Gasteiger partial charge in [0.05, 0.1) is 27.6 Å². The molecular weight excluding hydrogens is 546 g/mol. The van der Waals surface area contributed by atoms with Crippen molar-refractivity contribution in [1.29, 1.82) is 0 Å². The summed E-state index contributed by atoms with van der Waals surface area (Å²) in [4.78, 5) is 39.6. The van der Waals surface area contributed by atoms with Crippen LogP contribution in [-0.2, 0) is 21.2 Å². The van der Waals surface area contributed by atoms with Gasteiger partial charge in [-0.2, -0.15) is 0 Å². The van der Waals surface area contributed by atoms with Crippen molar-refractivity contribution in [3.8, 4) is 10.4 Å². The average Bonchev–Trinajstić information content (AvgIpc) is 3.80. The monoisotopic (exact) mass is 575 g/mol. The molecular formula is C29H29N5O4S2. The van der Waals surface area contributed by atoms with Gasteiger partial charge in [-0.3, -0.25) is 14.5 Å². The molecule has 2 aliphatic heterocycles. The van der Waals surface area contributed by atoms with Gasteiger partial charge in [-0.1, -0.05) is 24.0 Å². The van der Waals surface area contributed by atoms with Crippen LogP contribution in [0, 0.1) is 12.8 Å². The maximum atomic E-state index is 13.3. The zero-order chi connectivity index (χ0) is 28.0. The molecule has 2 aliphatic carbocycles. The fourth-order valence-electron chi connectivity index (χ4n) is 5.97. The Labute approximate surface area is 236 Å². The third-order valence-electron chi connectivity index (χ3n) is 8.38. The Balaban J connectivity index is 1.21. The lowest BCUT2D eigenvalue weighted by molar-refractivity contribution is -0.117. The molecule has 206 valence electrons. The number of allylic oxidation sites excluding steroid dienone is 1. The molecule has 1 aromatic carbocycles. The molecule has 11 heteroatoms. The second-order valence-electron chi connectivity index (χ2n) is 11.3. The lowest BCUT2D eigenvalue weighted by Gasteiger charge is -2.23. The van der Waals surface area contributed by atoms with Crippen molar-refractivity contribution < 1.29 is 18.0 Å². The summed E-state index contributed by atoms with van der Waals surface area (Å²) in [6.07, 6.45) is 6.62. The van der Waals surface area contributed by atoms with Gasteiger partial charge >= 0.3 is 0 Å². The fourth-order valence-corrected chi connectivity index (χ4v) is 7.86. The van der Waals surface area contributed by atoms with Gasteiger partial charge in [0.15, 0.2) is 15.0 Å². The fraction of sp³-hybridized carbons (Fsp3) is 0.379. The van der Waals surface area contributed by atoms with Gasteiger partial charge in [0.25, 0.3) is 5.91 Å². The molecule has 0 bridgehead atoms. The highest BCUT2D eigenvalue weighted by atomic mass is 32.2. The van der Waals surface area contributed by atoms with E-state index in [0.29, 0.717) is 46.8 Å². The van der Waals surface area contributed by atoms with E-state index in [-0.39, 0.29) is 27.8 Å². The molecule has 0 atom stereocenters. The number of pyridine rings is 1. The number of benzene rings is 1. The van der Waals surface area contributed by atoms with Crippen LogP contribution in [0.5, 0.6) is 0 Å². The first kappa shape index (κ1) is 25.4. The number of anilines is 3. The number of sulfone groups is 1. The highest BCUT2D eigenvalue weighted by Crippen LogP contribution is 2.51. The summed E-state index contributed by atoms with van der Waals surface area (Å²) in [6, 6.07) is 9.08. The van der Waals surface area contributed by atoms with Crippen LogP contribution in [-0.4, -0.2) is 46.9 Å². The van der Waals surface area contributed by atoms with E-state index in [9.17, 15) is 18.0 Å². The molecule has 2 aromatic heterocycles. The minimum absolute atomic E-state index is 0.0389. The summed E-state index contributed by atoms with van der Waals surface area (Å²) in [5, 5.41) is 3.88. The maximum absolute atomic E-state index is 13.3. The zero-order valence-electron chi connectivity index (χ0n) is 22.4. The van der Waals surface area contributed by atoms with Gasteiger partial charge in [0.2, 0.25) is 5.91 Å². The Morgan fingerprint density at radius 1 is 1.15 bits per heavy atom. The van der Waals surface area contributed by atoms with Crippen molar-refractivity contribution in [2.75, 3.05) is 16.5 Å². The van der Waals surface area contributed by atoms with E-state index in [1.165, 1.54) is 11.3 Å². The van der Waals surface area contributed by atoms with Crippen LogP contribution in [0.3, 0.4) is 0 Å². The maximum Gasteiger partial charge on any atom is 0.259 e. The molecule has 0 radical (unpaired) electrons. The number of amides is 2. The second kappa shape index (κ2) is 8.71. The third-order valence-corrected chi connectivity index (χ3v) is 10.6. The number of thiazole rings is 1. The molecule has 7 rings (SSSR count). The molecule has 9 nitrogen and oxygen atoms in total. The highest BCUT2D eigenvalue weighted by molar-refractivity contribution is 7.90. The summed E-state index contributed by atoms with van der Waals surface area (Å²) in [5.74, 6) is 1.35. The predicted octanol–water partition coefficient (Wildman–Crippen LogP) is 5.20. The Morgan fingerprint density at radius 3 is 2.62 bits per heavy atom. The summed E-state index contributed by atoms with van der Waals surface area (Å²) in [7, 11) is -3.67. The van der Waals surface area contributed by atoms with E-state index >= 15 is 0 Å². The number of hydrogen-bond donors (Lipinski definition) is 1. The van der Waals surface area contributed by atoms with Crippen molar-refractivity contribution in [3.05, 3.63) is 59.4 Å². The van der Waals surface area contributed by atoms with Crippen LogP contribution >= 0.6 is 11.3 Å². The number of aryl methyl sites for hydroxylation is 1. The van der Waals surface area contributed by atoms with Crippen LogP contribution in [0.25, 0.3) is 10.4 Å². The van der Waals surface area contributed by atoms with E-state index in [0.717, 1.165) is 54.6 Å². The van der Waals surface area contributed by atoms with Gasteiger partial charge in [-0.25, -0.2) is 18.4 Å². The molecule has 3 fully saturated rings. The summed E-state index contributed by atoms with van der Waals surface area (Å²) in [5.41, 5.74) is 3.08. The van der Waals surface area contributed by atoms with Crippen molar-refractivity contribution in [2.24, 2.45) is 5.92 Å². The molecule has 1 N–H and O–H groups in total. The van der Waals surface area contributed by atoms with Crippen molar-refractivity contribution in [3.63, 3.8) is 0 Å². The Kier molecular flexibility index (Phi) is 5.53. The quantitative estimate of drug-likeness (QED) is 0.412. The minimum Gasteiger partial charge on any atom is -0.316 e. The summed E-state index contributed by atoms with van der Waals surface area (Å²) >= 11 is 1.39. The summed E-state index contributed by atoms with van der Waals surface area (Å²) in [6.45, 7) is 6.31. The first-order chi connectivity index (χ1) is 19.0. The van der Waals surface area contributed by atoms with Gasteiger partial charge in [-0.05, 0) is 80.3 Å². The Hall–Kier alpha value is -3.57. The lowest BCUT2D eigenvalue weighted by atomic mass is 10.0. The number of aromatic nitrogens is 2. The van der Waals surface area contributed by atoms with Crippen LogP contribution in [0.2, 0.25) is 0 Å². The molecule has 40 heavy (non-hydrogen) atoms. The first-order valence-electron chi connectivity index (χ1n) is 13.5. The predicted molar refractivity (Wildman–Crippen MR) is 153 cm³/mol. The first-order valence-corrected chi connectivity index (χ1v) is 16.2. The van der Waals surface area contributed by atoms with E-state index in [4.69, 9.17) is 4.98 Å². The molecule has 2 amide bonds. The number of nitrogens with one attached hydrogen (secondary N) is 1. The highest BCUT2D eigenvalue weighted by Gasteiger charge is 2.55. The van der Waals surface area contributed by atoms with Gasteiger partial charge in [-0.15, -0.1) is 0 Å². The molecule has 1 spiro atoms. The smallest absolute Gasteiger partial charge is 0.259 e. The molecule has 2 saturated carbocycles. The molecule has 1 saturated heterocycles. The normalized spacial score (nSPS) is 19.4. The zero-order valence-corrected chi connectivity index (χ0v) is 24.0. The minimum atomic E-state index is -3.67. The Morgan fingerprint density at radius 2 is 1.93 bits per heavy atom. The molecule has 3 aromatic rings. The number of carbonyl (C=O) groups is 2. The number of fused-ring (bicyclic) bond motifs is 1. The number of rotatable bonds is 7. The lowest BCUT2D eigenvalue weighted by Crippen LogP contribution is -2.35. The van der Waals surface area contributed by atoms with Crippen molar-refractivity contribution in [1.82, 2.24) is 14.9 Å². The van der Waals surface area contributed by atoms with Crippen LogP contribution < -0.4 is 10.2 Å². The average molecular weight is 576 g/mol. The largest absolute Gasteiger partial charge is 0.316 e. The standard InChI is InChI=1S/C29H29N5O4S2/c1-16-26(19-13-20-15-33(17(2)18-7-8-18)27(36)25(20)21(14-19)40(3,37)38)39-28(30-16)32-22-5-4-6-23(31-22)34-24(35)9-10-29(34)11-12-29/h4-6,13-14,18H,2,7-12,15H2,1,3H3,(H,30,31,32). The van der Waals surface area contributed by atoms with Crippen LogP contribution in [0.4, 0.5) is 16.8 Å². The molecule has 0 unspecified atom stereocenters. The van der Waals surface area contributed by atoms with Crippen LogP contribution in [0.15, 0.2) is 47.5 Å². The second-order valence-corrected chi connectivity index (χ2v) is 14.3. The number of nitrogens with zero attached hydrogens (tertiary/aromatic N) is 4. The van der Waals surface area contributed by atoms with Crippen molar-refractivity contribution >= 4 is 49.8 Å². The van der Waals surface area contributed by atoms with E-state index < -0.39 is 9.84 Å². The third kappa shape index (κ3) is 4.14. The topological polar surface area (TPSA) is 113 Å². The van der Waals surface area contributed by atoms with Gasteiger partial charge in [0.1, 0.15) is 11.6 Å². The van der Waals surface area contributed by atoms with Crippen LogP contribution in [0.1, 0.15) is 60.1 Å². The van der Waals surface area contributed by atoms with E-state index in [2.05, 4.69) is 16.9 Å². The van der Waals surface area contributed by atoms with Gasteiger partial charge < -0.3 is 10.2 Å². The molecule has 4 aliphatic rings. The van der Waals surface area contributed by atoms with E-state index in [1.54, 1.807) is 11.0 Å². The Bertz CT molecular complexity index is 1740.